The number of rotatable bonds is 6. The first-order valence-electron chi connectivity index (χ1n) is 10.4. The summed E-state index contributed by atoms with van der Waals surface area (Å²) in [5, 5.41) is 4.73. The van der Waals surface area contributed by atoms with Crippen molar-refractivity contribution in [2.24, 2.45) is 0 Å². The first kappa shape index (κ1) is 20.1. The van der Waals surface area contributed by atoms with Gasteiger partial charge in [-0.1, -0.05) is 0 Å². The lowest BCUT2D eigenvalue weighted by Gasteiger charge is -2.19. The van der Waals surface area contributed by atoms with Gasteiger partial charge in [0.05, 0.1) is 32.7 Å². The minimum absolute atomic E-state index is 0.247. The summed E-state index contributed by atoms with van der Waals surface area (Å²) in [6, 6.07) is 12.0. The predicted octanol–water partition coefficient (Wildman–Crippen LogP) is 5.32. The first-order chi connectivity index (χ1) is 15.6. The van der Waals surface area contributed by atoms with Crippen LogP contribution in [0.3, 0.4) is 0 Å². The number of fused-ring (bicyclic) bond motifs is 2. The molecule has 0 amide bonds. The Bertz CT molecular complexity index is 1300. The molecule has 32 heavy (non-hydrogen) atoms. The van der Waals surface area contributed by atoms with Gasteiger partial charge in [-0.2, -0.15) is 0 Å². The number of aryl methyl sites for hydroxylation is 1. The maximum atomic E-state index is 6.42. The Kier molecular flexibility index (Phi) is 5.01. The fraction of sp³-hybridized carbons (Fsp3) is 0.240. The van der Waals surface area contributed by atoms with Gasteiger partial charge in [-0.15, -0.1) is 0 Å². The number of hydrogen-bond donors (Lipinski definition) is 2. The molecule has 2 aromatic carbocycles. The second kappa shape index (κ2) is 8.00. The van der Waals surface area contributed by atoms with Crippen LogP contribution in [0.4, 0.5) is 11.4 Å². The number of pyridine rings is 1. The monoisotopic (exact) mass is 431 g/mol. The minimum Gasteiger partial charge on any atom is -0.493 e. The average Bonchev–Trinajstić information content (AvgIpc) is 3.47. The molecule has 0 saturated heterocycles. The molecule has 1 aliphatic rings. The number of nitrogens with zero attached hydrogens (tertiary/aromatic N) is 1. The fourth-order valence-electron chi connectivity index (χ4n) is 4.34. The van der Waals surface area contributed by atoms with E-state index in [9.17, 15) is 0 Å². The molecule has 164 valence electrons. The van der Waals surface area contributed by atoms with Crippen molar-refractivity contribution in [2.45, 2.75) is 19.4 Å². The summed E-state index contributed by atoms with van der Waals surface area (Å²) in [5.74, 6) is 2.52. The minimum atomic E-state index is -0.247. The van der Waals surface area contributed by atoms with Crippen LogP contribution in [0.15, 0.2) is 48.8 Å². The molecule has 1 atom stereocenters. The zero-order valence-corrected chi connectivity index (χ0v) is 18.5. The maximum Gasteiger partial charge on any atom is 0.203 e. The van der Waals surface area contributed by atoms with Gasteiger partial charge >= 0.3 is 0 Å². The number of anilines is 2. The first-order valence-corrected chi connectivity index (χ1v) is 10.4. The van der Waals surface area contributed by atoms with Gasteiger partial charge < -0.3 is 29.2 Å². The van der Waals surface area contributed by atoms with Crippen molar-refractivity contribution < 1.29 is 18.9 Å². The normalized spacial score (nSPS) is 14.7. The van der Waals surface area contributed by atoms with Gasteiger partial charge in [0.25, 0.3) is 0 Å². The molecule has 1 unspecified atom stereocenters. The Labute approximate surface area is 186 Å². The molecule has 7 nitrogen and oxygen atoms in total. The Morgan fingerprint density at radius 1 is 0.969 bits per heavy atom. The van der Waals surface area contributed by atoms with Gasteiger partial charge in [0, 0.05) is 41.0 Å². The van der Waals surface area contributed by atoms with E-state index in [2.05, 4.69) is 40.4 Å². The third-order valence-electron chi connectivity index (χ3n) is 5.97. The van der Waals surface area contributed by atoms with E-state index in [0.29, 0.717) is 23.7 Å². The van der Waals surface area contributed by atoms with E-state index in [-0.39, 0.29) is 6.10 Å². The number of nitrogens with one attached hydrogen (secondary N) is 2. The fourth-order valence-corrected chi connectivity index (χ4v) is 4.34. The van der Waals surface area contributed by atoms with Crippen LogP contribution in [0.25, 0.3) is 10.9 Å². The number of H-pyrrole nitrogens is 1. The number of aromatic amines is 1. The number of methoxy groups -OCH3 is 3. The summed E-state index contributed by atoms with van der Waals surface area (Å²) < 4.78 is 23.0. The van der Waals surface area contributed by atoms with E-state index in [0.717, 1.165) is 33.9 Å². The predicted molar refractivity (Wildman–Crippen MR) is 124 cm³/mol. The van der Waals surface area contributed by atoms with Crippen LogP contribution < -0.4 is 24.3 Å². The number of hydrogen-bond acceptors (Lipinski definition) is 6. The maximum absolute atomic E-state index is 6.42. The molecule has 1 aliphatic heterocycles. The van der Waals surface area contributed by atoms with Crippen LogP contribution in [-0.4, -0.2) is 31.3 Å². The summed E-state index contributed by atoms with van der Waals surface area (Å²) in [7, 11) is 4.82. The van der Waals surface area contributed by atoms with Gasteiger partial charge in [0.2, 0.25) is 5.75 Å². The van der Waals surface area contributed by atoms with Gasteiger partial charge in [0.1, 0.15) is 6.10 Å². The molecule has 7 heteroatoms. The highest BCUT2D eigenvalue weighted by atomic mass is 16.5. The molecule has 2 aromatic heterocycles. The molecule has 0 radical (unpaired) electrons. The van der Waals surface area contributed by atoms with E-state index >= 15 is 0 Å². The van der Waals surface area contributed by atoms with Crippen molar-refractivity contribution in [3.05, 3.63) is 65.6 Å². The Hall–Kier alpha value is -3.87. The molecule has 0 fully saturated rings. The van der Waals surface area contributed by atoms with Crippen LogP contribution in [-0.2, 0) is 6.42 Å². The van der Waals surface area contributed by atoms with Crippen molar-refractivity contribution in [3.63, 3.8) is 0 Å². The summed E-state index contributed by atoms with van der Waals surface area (Å²) in [5.41, 5.74) is 5.99. The van der Waals surface area contributed by atoms with Crippen LogP contribution in [0.5, 0.6) is 23.0 Å². The Balaban J connectivity index is 1.48. The number of ether oxygens (including phenoxy) is 4. The van der Waals surface area contributed by atoms with Crippen LogP contribution in [0.2, 0.25) is 0 Å². The van der Waals surface area contributed by atoms with Crippen molar-refractivity contribution in [3.8, 4) is 23.0 Å². The molecule has 0 saturated carbocycles. The zero-order valence-electron chi connectivity index (χ0n) is 18.5. The topological polar surface area (TPSA) is 77.6 Å². The number of benzene rings is 2. The van der Waals surface area contributed by atoms with Gasteiger partial charge in [-0.3, -0.25) is 4.98 Å². The van der Waals surface area contributed by atoms with E-state index < -0.39 is 0 Å². The third-order valence-corrected chi connectivity index (χ3v) is 5.97. The zero-order chi connectivity index (χ0) is 22.2. The molecule has 4 aromatic rings. The number of aromatic nitrogens is 2. The molecular weight excluding hydrogens is 406 g/mol. The lowest BCUT2D eigenvalue weighted by atomic mass is 10.0. The molecule has 0 aliphatic carbocycles. The summed E-state index contributed by atoms with van der Waals surface area (Å²) in [4.78, 5) is 7.82. The van der Waals surface area contributed by atoms with E-state index in [4.69, 9.17) is 18.9 Å². The molecule has 2 N–H and O–H groups in total. The highest BCUT2D eigenvalue weighted by Crippen LogP contribution is 2.48. The Morgan fingerprint density at radius 2 is 1.81 bits per heavy atom. The SMILES string of the molecule is COc1ccc(C2Cc3nccc(Nc4ccc5[nH]ccc5c4C)c3O2)c(OC)c1OC. The molecular formula is C25H25N3O4. The average molecular weight is 431 g/mol. The smallest absolute Gasteiger partial charge is 0.203 e. The molecule has 3 heterocycles. The largest absolute Gasteiger partial charge is 0.493 e. The van der Waals surface area contributed by atoms with Crippen LogP contribution in [0, 0.1) is 6.92 Å². The summed E-state index contributed by atoms with van der Waals surface area (Å²) in [6.07, 6.45) is 4.15. The molecule has 0 bridgehead atoms. The highest BCUT2D eigenvalue weighted by Gasteiger charge is 2.32. The van der Waals surface area contributed by atoms with Crippen molar-refractivity contribution in [1.82, 2.24) is 9.97 Å². The van der Waals surface area contributed by atoms with Gasteiger partial charge in [0.15, 0.2) is 17.2 Å². The second-order valence-electron chi connectivity index (χ2n) is 7.67. The van der Waals surface area contributed by atoms with Crippen molar-refractivity contribution in [1.29, 1.82) is 0 Å². The van der Waals surface area contributed by atoms with Crippen molar-refractivity contribution >= 4 is 22.3 Å². The standard InChI is InChI=1S/C25H25N3O4/c1-14-15-9-11-26-18(15)7-6-17(14)28-19-10-12-27-20-13-22(32-24(19)20)16-5-8-21(29-2)25(31-4)23(16)30-3/h5-12,22,26H,13H2,1-4H3,(H,27,28). The second-order valence-corrected chi connectivity index (χ2v) is 7.67. The van der Waals surface area contributed by atoms with Gasteiger partial charge in [-0.25, -0.2) is 0 Å². The summed E-state index contributed by atoms with van der Waals surface area (Å²) in [6.45, 7) is 2.11. The van der Waals surface area contributed by atoms with Crippen molar-refractivity contribution in [2.75, 3.05) is 26.6 Å². The Morgan fingerprint density at radius 3 is 2.59 bits per heavy atom. The highest BCUT2D eigenvalue weighted by molar-refractivity contribution is 5.89. The van der Waals surface area contributed by atoms with E-state index in [1.54, 1.807) is 21.3 Å². The van der Waals surface area contributed by atoms with Crippen LogP contribution in [0.1, 0.15) is 22.9 Å². The molecule has 0 spiro atoms. The third kappa shape index (κ3) is 3.17. The van der Waals surface area contributed by atoms with E-state index in [1.165, 1.54) is 10.9 Å². The lowest BCUT2D eigenvalue weighted by Crippen LogP contribution is -2.07. The summed E-state index contributed by atoms with van der Waals surface area (Å²) >= 11 is 0. The molecule has 5 rings (SSSR count). The van der Waals surface area contributed by atoms with E-state index in [1.807, 2.05) is 30.6 Å². The van der Waals surface area contributed by atoms with Gasteiger partial charge in [-0.05, 0) is 48.9 Å². The lowest BCUT2D eigenvalue weighted by molar-refractivity contribution is 0.229. The quantitative estimate of drug-likeness (QED) is 0.430. The van der Waals surface area contributed by atoms with Crippen LogP contribution >= 0.6 is 0 Å².